The van der Waals surface area contributed by atoms with Crippen LogP contribution >= 0.6 is 0 Å². The largest absolute Gasteiger partial charge is 0.466 e. The molecule has 6 nitrogen and oxygen atoms in total. The van der Waals surface area contributed by atoms with Crippen molar-refractivity contribution in [2.24, 2.45) is 5.41 Å². The van der Waals surface area contributed by atoms with Gasteiger partial charge in [0.05, 0.1) is 5.69 Å². The standard InChI is InChI=1S/C16H16FN3O2.C11H18O/c1-4-10-11-8(7(2)19-10)5-6-9(17)12(11)20-14-13(18-3)15(21)16(14)22;1-8-6-10(12-9(8)2)7-11(3,4)5/h4-7,18-20H,1-3H3;6H,7H2,1-5H3/b10-4+;. The summed E-state index contributed by atoms with van der Waals surface area (Å²) in [5, 5.41) is 8.73. The third-order valence-electron chi connectivity index (χ3n) is 5.92. The zero-order valence-corrected chi connectivity index (χ0v) is 21.2. The average Bonchev–Trinajstić information content (AvgIpc) is 3.25. The highest BCUT2D eigenvalue weighted by Crippen LogP contribution is 2.40. The van der Waals surface area contributed by atoms with Gasteiger partial charge in [-0.2, -0.15) is 0 Å². The van der Waals surface area contributed by atoms with Gasteiger partial charge in [0.2, 0.25) is 0 Å². The van der Waals surface area contributed by atoms with Gasteiger partial charge in [-0.15, -0.1) is 0 Å². The molecule has 1 unspecified atom stereocenters. The second kappa shape index (κ2) is 9.49. The summed E-state index contributed by atoms with van der Waals surface area (Å²) in [6, 6.07) is 5.28. The van der Waals surface area contributed by atoms with Gasteiger partial charge in [-0.05, 0) is 56.4 Å². The average molecular weight is 468 g/mol. The molecule has 0 aliphatic carbocycles. The van der Waals surface area contributed by atoms with E-state index < -0.39 is 16.7 Å². The van der Waals surface area contributed by atoms with Gasteiger partial charge in [-0.25, -0.2) is 4.39 Å². The van der Waals surface area contributed by atoms with E-state index in [1.165, 1.54) is 11.6 Å². The number of hydrogen-bond acceptors (Lipinski definition) is 6. The van der Waals surface area contributed by atoms with Crippen LogP contribution in [0.2, 0.25) is 0 Å². The molecule has 34 heavy (non-hydrogen) atoms. The van der Waals surface area contributed by atoms with E-state index in [1.807, 2.05) is 26.8 Å². The molecule has 2 aromatic carbocycles. The summed E-state index contributed by atoms with van der Waals surface area (Å²) >= 11 is 0. The predicted molar refractivity (Wildman–Crippen MR) is 137 cm³/mol. The number of allylic oxidation sites excluding steroid dienone is 1. The molecule has 1 aliphatic heterocycles. The molecule has 3 N–H and O–H groups in total. The van der Waals surface area contributed by atoms with Gasteiger partial charge in [-0.3, -0.25) is 9.59 Å². The SMILES string of the molecule is C/C=C1/NC(C)c2ccc(F)c(Nc3c(NC)c(=O)c3=O)c21.Cc1cc(CC(C)(C)C)oc1C. The molecule has 0 bridgehead atoms. The van der Waals surface area contributed by atoms with E-state index in [-0.39, 0.29) is 23.1 Å². The first-order valence-corrected chi connectivity index (χ1v) is 11.5. The minimum absolute atomic E-state index is 0.0545. The lowest BCUT2D eigenvalue weighted by Gasteiger charge is -2.16. The summed E-state index contributed by atoms with van der Waals surface area (Å²) in [4.78, 5) is 23.2. The Kier molecular flexibility index (Phi) is 7.05. The summed E-state index contributed by atoms with van der Waals surface area (Å²) in [5.74, 6) is 1.69. The number of nitrogens with one attached hydrogen (secondary N) is 3. The molecule has 1 atom stereocenters. The Balaban J connectivity index is 0.000000229. The van der Waals surface area contributed by atoms with Crippen LogP contribution in [-0.2, 0) is 6.42 Å². The number of anilines is 3. The van der Waals surface area contributed by atoms with Crippen LogP contribution in [0.5, 0.6) is 0 Å². The summed E-state index contributed by atoms with van der Waals surface area (Å²) < 4.78 is 19.9. The van der Waals surface area contributed by atoms with Crippen LogP contribution in [-0.4, -0.2) is 7.05 Å². The van der Waals surface area contributed by atoms with Crippen LogP contribution < -0.4 is 26.8 Å². The summed E-state index contributed by atoms with van der Waals surface area (Å²) in [6.45, 7) is 14.6. The zero-order chi connectivity index (χ0) is 25.4. The maximum atomic E-state index is 14.3. The fourth-order valence-corrected chi connectivity index (χ4v) is 4.11. The van der Waals surface area contributed by atoms with Gasteiger partial charge in [0.25, 0.3) is 10.9 Å². The van der Waals surface area contributed by atoms with Crippen LogP contribution in [0.1, 0.15) is 68.9 Å². The van der Waals surface area contributed by atoms with E-state index >= 15 is 0 Å². The normalized spacial score (nSPS) is 16.1. The van der Waals surface area contributed by atoms with Crippen LogP contribution in [0.25, 0.3) is 5.70 Å². The topological polar surface area (TPSA) is 83.4 Å². The molecule has 7 heteroatoms. The van der Waals surface area contributed by atoms with Crippen molar-refractivity contribution in [2.45, 2.75) is 60.9 Å². The highest BCUT2D eigenvalue weighted by Gasteiger charge is 2.29. The van der Waals surface area contributed by atoms with E-state index in [4.69, 9.17) is 4.42 Å². The molecule has 0 radical (unpaired) electrons. The molecule has 0 spiro atoms. The van der Waals surface area contributed by atoms with Crippen molar-refractivity contribution >= 4 is 22.8 Å². The summed E-state index contributed by atoms with van der Waals surface area (Å²) in [6.07, 6.45) is 2.87. The quantitative estimate of drug-likeness (QED) is 0.426. The van der Waals surface area contributed by atoms with Crippen molar-refractivity contribution < 1.29 is 8.81 Å². The third-order valence-corrected chi connectivity index (χ3v) is 5.92. The van der Waals surface area contributed by atoms with Gasteiger partial charge in [0.15, 0.2) is 0 Å². The van der Waals surface area contributed by atoms with E-state index in [9.17, 15) is 14.0 Å². The second-order valence-electron chi connectivity index (χ2n) is 9.93. The second-order valence-corrected chi connectivity index (χ2v) is 9.93. The third kappa shape index (κ3) is 4.93. The van der Waals surface area contributed by atoms with Crippen LogP contribution in [0.4, 0.5) is 21.5 Å². The Morgan fingerprint density at radius 1 is 1.12 bits per heavy atom. The van der Waals surface area contributed by atoms with Crippen molar-refractivity contribution in [1.82, 2.24) is 5.32 Å². The highest BCUT2D eigenvalue weighted by atomic mass is 19.1. The predicted octanol–water partition coefficient (Wildman–Crippen LogP) is 5.72. The Bertz CT molecular complexity index is 1280. The maximum absolute atomic E-state index is 14.3. The fraction of sp³-hybridized carbons (Fsp3) is 0.407. The summed E-state index contributed by atoms with van der Waals surface area (Å²) in [7, 11) is 1.55. The van der Waals surface area contributed by atoms with E-state index in [2.05, 4.69) is 49.7 Å². The molecule has 0 saturated heterocycles. The molecule has 2 heterocycles. The summed E-state index contributed by atoms with van der Waals surface area (Å²) in [5.41, 5.74) is 3.30. The van der Waals surface area contributed by atoms with Gasteiger partial charge in [0, 0.05) is 30.8 Å². The lowest BCUT2D eigenvalue weighted by molar-refractivity contribution is 0.357. The maximum Gasteiger partial charge on any atom is 0.253 e. The highest BCUT2D eigenvalue weighted by molar-refractivity contribution is 5.87. The van der Waals surface area contributed by atoms with Crippen molar-refractivity contribution in [3.05, 3.63) is 78.7 Å². The first-order chi connectivity index (χ1) is 15.9. The molecule has 4 rings (SSSR count). The van der Waals surface area contributed by atoms with Crippen molar-refractivity contribution in [3.63, 3.8) is 0 Å². The lowest BCUT2D eigenvalue weighted by atomic mass is 9.91. The number of hydrogen-bond donors (Lipinski definition) is 3. The van der Waals surface area contributed by atoms with Crippen LogP contribution in [0, 0.1) is 25.1 Å². The first-order valence-electron chi connectivity index (χ1n) is 11.5. The number of benzene rings is 1. The van der Waals surface area contributed by atoms with Gasteiger partial charge in [0.1, 0.15) is 28.7 Å². The van der Waals surface area contributed by atoms with Crippen molar-refractivity contribution in [1.29, 1.82) is 0 Å². The first kappa shape index (κ1) is 25.3. The number of furan rings is 1. The van der Waals surface area contributed by atoms with Gasteiger partial charge >= 0.3 is 0 Å². The number of halogens is 1. The molecule has 0 saturated carbocycles. The molecule has 0 fully saturated rings. The number of aryl methyl sites for hydroxylation is 2. The smallest absolute Gasteiger partial charge is 0.253 e. The number of fused-ring (bicyclic) bond motifs is 1. The monoisotopic (exact) mass is 467 g/mol. The van der Waals surface area contributed by atoms with Crippen molar-refractivity contribution in [2.75, 3.05) is 17.7 Å². The van der Waals surface area contributed by atoms with Crippen molar-refractivity contribution in [3.8, 4) is 0 Å². The Morgan fingerprint density at radius 2 is 1.76 bits per heavy atom. The zero-order valence-electron chi connectivity index (χ0n) is 21.2. The molecular formula is C27H34FN3O3. The molecule has 3 aromatic rings. The Hall–Kier alpha value is -3.35. The van der Waals surface area contributed by atoms with Gasteiger partial charge < -0.3 is 20.4 Å². The lowest BCUT2D eigenvalue weighted by Crippen LogP contribution is -2.36. The molecular weight excluding hydrogens is 433 g/mol. The Labute approximate surface area is 200 Å². The van der Waals surface area contributed by atoms with E-state index in [1.54, 1.807) is 13.1 Å². The fourth-order valence-electron chi connectivity index (χ4n) is 4.11. The minimum Gasteiger partial charge on any atom is -0.466 e. The van der Waals surface area contributed by atoms with Gasteiger partial charge in [-0.1, -0.05) is 32.9 Å². The molecule has 1 aliphatic rings. The van der Waals surface area contributed by atoms with E-state index in [0.717, 1.165) is 29.2 Å². The minimum atomic E-state index is -0.637. The molecule has 0 amide bonds. The van der Waals surface area contributed by atoms with E-state index in [0.29, 0.717) is 11.0 Å². The van der Waals surface area contributed by atoms with Crippen LogP contribution in [0.3, 0.4) is 0 Å². The van der Waals surface area contributed by atoms with Crippen LogP contribution in [0.15, 0.2) is 38.3 Å². The molecule has 1 aromatic heterocycles. The number of rotatable bonds is 4. The Morgan fingerprint density at radius 3 is 2.29 bits per heavy atom. The molecule has 182 valence electrons.